The molecule has 7 heteroatoms. The Bertz CT molecular complexity index is 773. The van der Waals surface area contributed by atoms with Crippen molar-refractivity contribution in [2.45, 2.75) is 25.3 Å². The van der Waals surface area contributed by atoms with Crippen molar-refractivity contribution >= 4 is 35.1 Å². The molecular weight excluding hydrogens is 352 g/mol. The van der Waals surface area contributed by atoms with Gasteiger partial charge in [0, 0.05) is 49.5 Å². The number of hydrogen-bond donors (Lipinski definition) is 2. The second-order valence-electron chi connectivity index (χ2n) is 7.05. The van der Waals surface area contributed by atoms with Gasteiger partial charge in [0.2, 0.25) is 5.91 Å². The quantitative estimate of drug-likeness (QED) is 0.859. The summed E-state index contributed by atoms with van der Waals surface area (Å²) in [4.78, 5) is 32.2. The highest BCUT2D eigenvalue weighted by atomic mass is 35.5. The van der Waals surface area contributed by atoms with Crippen LogP contribution >= 0.6 is 12.4 Å². The predicted octanol–water partition coefficient (Wildman–Crippen LogP) is 2.00. The molecule has 2 aliphatic heterocycles. The first-order valence-corrected chi connectivity index (χ1v) is 9.04. The molecule has 1 aromatic carbocycles. The number of nitrogens with zero attached hydrogens (tertiary/aromatic N) is 2. The Morgan fingerprint density at radius 2 is 2.08 bits per heavy atom. The molecule has 2 aliphatic rings. The van der Waals surface area contributed by atoms with Gasteiger partial charge in [0.05, 0.1) is 0 Å². The van der Waals surface area contributed by atoms with Crippen molar-refractivity contribution in [2.75, 3.05) is 26.2 Å². The molecule has 0 radical (unpaired) electrons. The average Bonchev–Trinajstić information content (AvgIpc) is 3.07. The van der Waals surface area contributed by atoms with E-state index in [4.69, 9.17) is 5.73 Å². The van der Waals surface area contributed by atoms with Crippen molar-refractivity contribution in [3.8, 4) is 0 Å². The van der Waals surface area contributed by atoms with Gasteiger partial charge in [-0.2, -0.15) is 0 Å². The number of fused-ring (bicyclic) bond motifs is 2. The lowest BCUT2D eigenvalue weighted by atomic mass is 9.83. The molecule has 1 aromatic heterocycles. The monoisotopic (exact) mass is 376 g/mol. The van der Waals surface area contributed by atoms with Crippen molar-refractivity contribution in [2.24, 2.45) is 11.7 Å². The third-order valence-electron chi connectivity index (χ3n) is 5.56. The number of nitrogens with one attached hydrogen (secondary N) is 1. The maximum atomic E-state index is 12.9. The summed E-state index contributed by atoms with van der Waals surface area (Å²) < 4.78 is 0. The Morgan fingerprint density at radius 1 is 1.27 bits per heavy atom. The minimum absolute atomic E-state index is 0. The van der Waals surface area contributed by atoms with E-state index in [-0.39, 0.29) is 30.3 Å². The van der Waals surface area contributed by atoms with E-state index in [1.807, 2.05) is 40.1 Å². The Kier molecular flexibility index (Phi) is 5.53. The number of aromatic nitrogens is 1. The van der Waals surface area contributed by atoms with Crippen LogP contribution in [0, 0.1) is 5.92 Å². The SMILES string of the molecule is Cl.NCCN1C(=O)CC[C@H]2CN(C(=O)c3cc4ccccc4[nH]3)CC[C@H]21. The number of aromatic amines is 1. The third kappa shape index (κ3) is 3.31. The summed E-state index contributed by atoms with van der Waals surface area (Å²) in [5, 5.41) is 1.05. The number of H-pyrrole nitrogens is 1. The van der Waals surface area contributed by atoms with Crippen LogP contribution < -0.4 is 5.73 Å². The number of para-hydroxylation sites is 1. The lowest BCUT2D eigenvalue weighted by Gasteiger charge is -2.47. The van der Waals surface area contributed by atoms with Crippen LogP contribution in [0.15, 0.2) is 30.3 Å². The Labute approximate surface area is 159 Å². The van der Waals surface area contributed by atoms with Gasteiger partial charge >= 0.3 is 0 Å². The van der Waals surface area contributed by atoms with Gasteiger partial charge in [-0.1, -0.05) is 18.2 Å². The van der Waals surface area contributed by atoms with Crippen LogP contribution in [0.1, 0.15) is 29.8 Å². The van der Waals surface area contributed by atoms with E-state index in [1.54, 1.807) is 0 Å². The minimum atomic E-state index is 0. The third-order valence-corrected chi connectivity index (χ3v) is 5.56. The van der Waals surface area contributed by atoms with Gasteiger partial charge < -0.3 is 20.5 Å². The number of piperidine rings is 2. The molecule has 3 N–H and O–H groups in total. The second-order valence-corrected chi connectivity index (χ2v) is 7.05. The molecule has 2 fully saturated rings. The maximum Gasteiger partial charge on any atom is 0.270 e. The lowest BCUT2D eigenvalue weighted by molar-refractivity contribution is -0.140. The molecule has 2 saturated heterocycles. The summed E-state index contributed by atoms with van der Waals surface area (Å²) in [6.07, 6.45) is 2.26. The van der Waals surface area contributed by atoms with Crippen molar-refractivity contribution in [3.05, 3.63) is 36.0 Å². The summed E-state index contributed by atoms with van der Waals surface area (Å²) in [6.45, 7) is 2.51. The zero-order valence-corrected chi connectivity index (χ0v) is 15.5. The van der Waals surface area contributed by atoms with Crippen LogP contribution in [0.3, 0.4) is 0 Å². The number of halogens is 1. The van der Waals surface area contributed by atoms with Crippen molar-refractivity contribution < 1.29 is 9.59 Å². The van der Waals surface area contributed by atoms with Gasteiger partial charge in [-0.15, -0.1) is 12.4 Å². The Hall–Kier alpha value is -2.05. The van der Waals surface area contributed by atoms with Crippen LogP contribution in [-0.4, -0.2) is 58.8 Å². The summed E-state index contributed by atoms with van der Waals surface area (Å²) in [5.41, 5.74) is 7.30. The van der Waals surface area contributed by atoms with Crippen LogP contribution in [0.5, 0.6) is 0 Å². The molecule has 2 aromatic rings. The molecule has 26 heavy (non-hydrogen) atoms. The highest BCUT2D eigenvalue weighted by Crippen LogP contribution is 2.31. The summed E-state index contributed by atoms with van der Waals surface area (Å²) in [5.74, 6) is 0.616. The number of likely N-dealkylation sites (tertiary alicyclic amines) is 2. The zero-order chi connectivity index (χ0) is 17.4. The first kappa shape index (κ1) is 18.7. The number of hydrogen-bond acceptors (Lipinski definition) is 3. The van der Waals surface area contributed by atoms with Crippen molar-refractivity contribution in [1.82, 2.24) is 14.8 Å². The fraction of sp³-hybridized carbons (Fsp3) is 0.474. The number of carbonyl (C=O) groups is 2. The first-order chi connectivity index (χ1) is 12.2. The predicted molar refractivity (Wildman–Crippen MR) is 103 cm³/mol. The van der Waals surface area contributed by atoms with E-state index in [2.05, 4.69) is 4.98 Å². The Balaban J connectivity index is 0.00000196. The normalized spacial score (nSPS) is 22.9. The fourth-order valence-corrected chi connectivity index (χ4v) is 4.32. The molecule has 0 unspecified atom stereocenters. The van der Waals surface area contributed by atoms with Crippen molar-refractivity contribution in [3.63, 3.8) is 0 Å². The molecule has 0 aliphatic carbocycles. The first-order valence-electron chi connectivity index (χ1n) is 9.04. The molecule has 140 valence electrons. The van der Waals surface area contributed by atoms with Gasteiger partial charge in [0.15, 0.2) is 0 Å². The van der Waals surface area contributed by atoms with E-state index in [9.17, 15) is 9.59 Å². The van der Waals surface area contributed by atoms with Gasteiger partial charge in [-0.25, -0.2) is 0 Å². The standard InChI is InChI=1S/C19H24N4O2.ClH/c20-8-10-23-17-7-9-22(12-14(17)5-6-18(23)24)19(25)16-11-13-3-1-2-4-15(13)21-16;/h1-4,11,14,17,21H,5-10,12,20H2;1H/t14-,17+;/m0./s1. The molecule has 4 rings (SSSR count). The van der Waals surface area contributed by atoms with Gasteiger partial charge in [0.25, 0.3) is 5.91 Å². The van der Waals surface area contributed by atoms with E-state index in [1.165, 1.54) is 0 Å². The van der Waals surface area contributed by atoms with Crippen LogP contribution in [0.2, 0.25) is 0 Å². The summed E-state index contributed by atoms with van der Waals surface area (Å²) in [7, 11) is 0. The number of benzene rings is 1. The van der Waals surface area contributed by atoms with Gasteiger partial charge in [-0.05, 0) is 30.9 Å². The van der Waals surface area contributed by atoms with Gasteiger partial charge in [-0.3, -0.25) is 9.59 Å². The summed E-state index contributed by atoms with van der Waals surface area (Å²) in [6, 6.07) is 10.1. The molecule has 0 saturated carbocycles. The largest absolute Gasteiger partial charge is 0.351 e. The molecule has 2 atom stereocenters. The van der Waals surface area contributed by atoms with E-state index >= 15 is 0 Å². The Morgan fingerprint density at radius 3 is 2.85 bits per heavy atom. The van der Waals surface area contributed by atoms with E-state index < -0.39 is 0 Å². The van der Waals surface area contributed by atoms with Crippen LogP contribution in [-0.2, 0) is 4.79 Å². The van der Waals surface area contributed by atoms with Crippen LogP contribution in [0.4, 0.5) is 0 Å². The molecule has 0 spiro atoms. The second kappa shape index (κ2) is 7.68. The highest BCUT2D eigenvalue weighted by molar-refractivity contribution is 5.98. The smallest absolute Gasteiger partial charge is 0.270 e. The number of rotatable bonds is 3. The molecule has 0 bridgehead atoms. The fourth-order valence-electron chi connectivity index (χ4n) is 4.32. The van der Waals surface area contributed by atoms with E-state index in [0.717, 1.165) is 23.7 Å². The summed E-state index contributed by atoms with van der Waals surface area (Å²) >= 11 is 0. The average molecular weight is 377 g/mol. The zero-order valence-electron chi connectivity index (χ0n) is 14.7. The van der Waals surface area contributed by atoms with Crippen molar-refractivity contribution in [1.29, 1.82) is 0 Å². The number of nitrogens with two attached hydrogens (primary N) is 1. The highest BCUT2D eigenvalue weighted by Gasteiger charge is 2.40. The maximum absolute atomic E-state index is 12.9. The lowest BCUT2D eigenvalue weighted by Crippen LogP contribution is -2.57. The molecular formula is C19H25ClN4O2. The minimum Gasteiger partial charge on any atom is -0.351 e. The molecule has 6 nitrogen and oxygen atoms in total. The number of carbonyl (C=O) groups excluding carboxylic acids is 2. The number of amides is 2. The van der Waals surface area contributed by atoms with Crippen LogP contribution in [0.25, 0.3) is 10.9 Å². The molecule has 3 heterocycles. The molecule has 2 amide bonds. The van der Waals surface area contributed by atoms with Gasteiger partial charge in [0.1, 0.15) is 5.69 Å². The van der Waals surface area contributed by atoms with E-state index in [0.29, 0.717) is 44.2 Å². The topological polar surface area (TPSA) is 82.4 Å².